The summed E-state index contributed by atoms with van der Waals surface area (Å²) in [5.74, 6) is -0.246. The molecule has 0 radical (unpaired) electrons. The number of aromatic nitrogens is 2. The number of amides is 2. The lowest BCUT2D eigenvalue weighted by Gasteiger charge is -2.33. The highest BCUT2D eigenvalue weighted by Gasteiger charge is 2.32. The molecule has 34 heavy (non-hydrogen) atoms. The third-order valence-electron chi connectivity index (χ3n) is 5.40. The van der Waals surface area contributed by atoms with Crippen LogP contribution in [0, 0.1) is 15.5 Å². The Hall–Kier alpha value is -4.28. The van der Waals surface area contributed by atoms with Crippen LogP contribution in [0.15, 0.2) is 48.8 Å². The van der Waals surface area contributed by atoms with E-state index in [0.717, 1.165) is 0 Å². The van der Waals surface area contributed by atoms with E-state index in [9.17, 15) is 19.7 Å². The van der Waals surface area contributed by atoms with Crippen molar-refractivity contribution in [2.24, 2.45) is 16.9 Å². The fraction of sp³-hybridized carbons (Fsp3) is 0.304. The first kappa shape index (κ1) is 24.4. The minimum Gasteiger partial charge on any atom is -0.446 e. The molecule has 0 aliphatic heterocycles. The number of nitrogens with two attached hydrogens (primary N) is 2. The minimum atomic E-state index is -0.920. The van der Waals surface area contributed by atoms with E-state index in [1.165, 1.54) is 18.5 Å². The topological polar surface area (TPSA) is 176 Å². The molecule has 2 atom stereocenters. The van der Waals surface area contributed by atoms with Crippen molar-refractivity contribution in [2.75, 3.05) is 5.32 Å². The van der Waals surface area contributed by atoms with Crippen molar-refractivity contribution >= 4 is 34.4 Å². The Balaban J connectivity index is 2.10. The fourth-order valence-electron chi connectivity index (χ4n) is 3.63. The Bertz CT molecular complexity index is 1240. The molecule has 1 aromatic heterocycles. The summed E-state index contributed by atoms with van der Waals surface area (Å²) in [6, 6.07) is 10.5. The molecule has 11 heteroatoms. The van der Waals surface area contributed by atoms with Gasteiger partial charge in [0, 0.05) is 23.9 Å². The number of carbonyl (C=O) groups is 2. The number of fused-ring (bicyclic) bond motifs is 1. The Morgan fingerprint density at radius 1 is 1.15 bits per heavy atom. The normalized spacial score (nSPS) is 13.1. The van der Waals surface area contributed by atoms with Crippen LogP contribution in [-0.4, -0.2) is 33.0 Å². The smallest absolute Gasteiger partial charge is 0.404 e. The largest absolute Gasteiger partial charge is 0.446 e. The molecule has 3 aromatic rings. The predicted octanol–water partition coefficient (Wildman–Crippen LogP) is 3.69. The lowest BCUT2D eigenvalue weighted by atomic mass is 9.83. The first-order valence-electron chi connectivity index (χ1n) is 10.5. The van der Waals surface area contributed by atoms with Gasteiger partial charge in [0.15, 0.2) is 0 Å². The van der Waals surface area contributed by atoms with Crippen LogP contribution in [0.25, 0.3) is 10.9 Å². The van der Waals surface area contributed by atoms with E-state index in [4.69, 9.17) is 16.2 Å². The number of carbonyl (C=O) groups excluding carboxylic acids is 2. The maximum absolute atomic E-state index is 11.8. The number of nitro benzene ring substituents is 1. The standard InChI is InChI=1S/C23H26N6O5/c1-23(2,3)18(34-22(25)31)11-17(13-6-4-7-14(10-13)29(32)33)28-21-16-9-5-8-15(20(24)30)19(16)26-12-27-21/h4-10,12,17-18H,11H2,1-3H3,(H2,24,30)(H2,25,31)(H,26,27,28). The lowest BCUT2D eigenvalue weighted by molar-refractivity contribution is -0.384. The number of anilines is 1. The van der Waals surface area contributed by atoms with Crippen molar-refractivity contribution in [2.45, 2.75) is 39.3 Å². The van der Waals surface area contributed by atoms with Crippen molar-refractivity contribution in [1.29, 1.82) is 0 Å². The molecule has 0 saturated heterocycles. The molecule has 0 spiro atoms. The maximum Gasteiger partial charge on any atom is 0.404 e. The Morgan fingerprint density at radius 3 is 2.47 bits per heavy atom. The van der Waals surface area contributed by atoms with Crippen molar-refractivity contribution in [3.05, 3.63) is 70.0 Å². The number of hydrogen-bond acceptors (Lipinski definition) is 8. The first-order chi connectivity index (χ1) is 16.0. The van der Waals surface area contributed by atoms with E-state index in [-0.39, 0.29) is 17.7 Å². The number of nitrogens with one attached hydrogen (secondary N) is 1. The number of non-ortho nitro benzene ring substituents is 1. The van der Waals surface area contributed by atoms with Gasteiger partial charge >= 0.3 is 6.09 Å². The fourth-order valence-corrected chi connectivity index (χ4v) is 3.63. The highest BCUT2D eigenvalue weighted by molar-refractivity contribution is 6.06. The summed E-state index contributed by atoms with van der Waals surface area (Å²) in [7, 11) is 0. The minimum absolute atomic E-state index is 0.0870. The average Bonchev–Trinajstić information content (AvgIpc) is 2.76. The quantitative estimate of drug-likeness (QED) is 0.332. The second kappa shape index (κ2) is 9.69. The summed E-state index contributed by atoms with van der Waals surface area (Å²) in [6.07, 6.45) is -0.0236. The van der Waals surface area contributed by atoms with Gasteiger partial charge in [-0.1, -0.05) is 39.0 Å². The number of benzene rings is 2. The van der Waals surface area contributed by atoms with E-state index >= 15 is 0 Å². The second-order valence-corrected chi connectivity index (χ2v) is 8.86. The molecule has 3 rings (SSSR count). The third-order valence-corrected chi connectivity index (χ3v) is 5.40. The van der Waals surface area contributed by atoms with Crippen molar-refractivity contribution < 1.29 is 19.2 Å². The van der Waals surface area contributed by atoms with Gasteiger partial charge in [0.25, 0.3) is 11.6 Å². The predicted molar refractivity (Wildman–Crippen MR) is 126 cm³/mol. The molecular formula is C23H26N6O5. The molecule has 178 valence electrons. The average molecular weight is 466 g/mol. The van der Waals surface area contributed by atoms with Crippen LogP contribution in [-0.2, 0) is 4.74 Å². The van der Waals surface area contributed by atoms with Gasteiger partial charge in [0.1, 0.15) is 18.2 Å². The van der Waals surface area contributed by atoms with Gasteiger partial charge in [-0.25, -0.2) is 14.8 Å². The summed E-state index contributed by atoms with van der Waals surface area (Å²) < 4.78 is 5.39. The first-order valence-corrected chi connectivity index (χ1v) is 10.5. The van der Waals surface area contributed by atoms with E-state index < -0.39 is 34.5 Å². The number of para-hydroxylation sites is 1. The molecule has 2 aromatic carbocycles. The SMILES string of the molecule is CC(C)(C)C(CC(Nc1ncnc2c(C(N)=O)cccc12)c1cccc([N+](=O)[O-])c1)OC(N)=O. The second-order valence-electron chi connectivity index (χ2n) is 8.86. The third kappa shape index (κ3) is 5.55. The number of nitrogens with zero attached hydrogens (tertiary/aromatic N) is 3. The van der Waals surface area contributed by atoms with Gasteiger partial charge in [0.2, 0.25) is 0 Å². The molecule has 0 aliphatic rings. The Kier molecular flexibility index (Phi) is 6.94. The van der Waals surface area contributed by atoms with Crippen LogP contribution in [0.1, 0.15) is 49.2 Å². The molecule has 2 unspecified atom stereocenters. The van der Waals surface area contributed by atoms with Crippen LogP contribution < -0.4 is 16.8 Å². The molecule has 0 saturated carbocycles. The number of ether oxygens (including phenoxy) is 1. The lowest BCUT2D eigenvalue weighted by Crippen LogP contribution is -2.36. The maximum atomic E-state index is 11.8. The van der Waals surface area contributed by atoms with Crippen LogP contribution in [0.5, 0.6) is 0 Å². The number of primary amides is 2. The van der Waals surface area contributed by atoms with Crippen LogP contribution in [0.2, 0.25) is 0 Å². The zero-order valence-electron chi connectivity index (χ0n) is 19.0. The summed E-state index contributed by atoms with van der Waals surface area (Å²) in [4.78, 5) is 42.8. The number of nitro groups is 1. The molecule has 0 bridgehead atoms. The number of hydrogen-bond donors (Lipinski definition) is 3. The zero-order valence-corrected chi connectivity index (χ0v) is 19.0. The molecule has 0 aliphatic carbocycles. The van der Waals surface area contributed by atoms with Gasteiger partial charge in [-0.2, -0.15) is 0 Å². The van der Waals surface area contributed by atoms with Crippen LogP contribution >= 0.6 is 0 Å². The van der Waals surface area contributed by atoms with Gasteiger partial charge in [0.05, 0.1) is 22.0 Å². The van der Waals surface area contributed by atoms with E-state index in [1.807, 2.05) is 20.8 Å². The van der Waals surface area contributed by atoms with Gasteiger partial charge in [-0.15, -0.1) is 0 Å². The van der Waals surface area contributed by atoms with Gasteiger partial charge < -0.3 is 21.5 Å². The highest BCUT2D eigenvalue weighted by atomic mass is 16.6. The summed E-state index contributed by atoms with van der Waals surface area (Å²) in [6.45, 7) is 5.68. The van der Waals surface area contributed by atoms with E-state index in [1.54, 1.807) is 30.3 Å². The molecule has 2 amide bonds. The monoisotopic (exact) mass is 466 g/mol. The van der Waals surface area contributed by atoms with Crippen LogP contribution in [0.3, 0.4) is 0 Å². The molecule has 0 fully saturated rings. The van der Waals surface area contributed by atoms with Crippen molar-refractivity contribution in [1.82, 2.24) is 9.97 Å². The van der Waals surface area contributed by atoms with Crippen molar-refractivity contribution in [3.63, 3.8) is 0 Å². The van der Waals surface area contributed by atoms with Crippen molar-refractivity contribution in [3.8, 4) is 0 Å². The summed E-state index contributed by atoms with van der Waals surface area (Å²) >= 11 is 0. The zero-order chi connectivity index (χ0) is 25.0. The number of rotatable bonds is 8. The van der Waals surface area contributed by atoms with E-state index in [2.05, 4.69) is 15.3 Å². The van der Waals surface area contributed by atoms with Gasteiger partial charge in [-0.3, -0.25) is 14.9 Å². The molecule has 11 nitrogen and oxygen atoms in total. The highest BCUT2D eigenvalue weighted by Crippen LogP contribution is 2.35. The van der Waals surface area contributed by atoms with Crippen LogP contribution in [0.4, 0.5) is 16.3 Å². The molecule has 1 heterocycles. The van der Waals surface area contributed by atoms with Gasteiger partial charge in [-0.05, 0) is 23.1 Å². The summed E-state index contributed by atoms with van der Waals surface area (Å²) in [5.41, 5.74) is 11.4. The summed E-state index contributed by atoms with van der Waals surface area (Å²) in [5, 5.41) is 15.2. The molecular weight excluding hydrogens is 440 g/mol. The Labute approximate surface area is 195 Å². The molecule has 5 N–H and O–H groups in total. The van der Waals surface area contributed by atoms with E-state index in [0.29, 0.717) is 22.3 Å². The Morgan fingerprint density at radius 2 is 1.85 bits per heavy atom.